The molecule has 0 N–H and O–H groups in total. The number of para-hydroxylation sites is 1. The highest BCUT2D eigenvalue weighted by molar-refractivity contribution is 7.07. The van der Waals surface area contributed by atoms with Crippen LogP contribution in [-0.4, -0.2) is 17.4 Å². The maximum atomic E-state index is 12.8. The molecule has 0 radical (unpaired) electrons. The van der Waals surface area contributed by atoms with Gasteiger partial charge in [-0.15, -0.1) is 0 Å². The normalized spacial score (nSPS) is 10.8. The number of rotatable bonds is 5. The molecular formula is C18H17NO3S. The Morgan fingerprint density at radius 1 is 1.26 bits per heavy atom. The first-order chi connectivity index (χ1) is 11.2. The largest absolute Gasteiger partial charge is 0.422 e. The first kappa shape index (κ1) is 15.5. The van der Waals surface area contributed by atoms with Gasteiger partial charge in [0.2, 0.25) is 0 Å². The summed E-state index contributed by atoms with van der Waals surface area (Å²) in [6, 6.07) is 10.8. The maximum absolute atomic E-state index is 12.8. The lowest BCUT2D eigenvalue weighted by Gasteiger charge is -2.21. The highest BCUT2D eigenvalue weighted by Gasteiger charge is 2.20. The number of thiophene rings is 1. The van der Waals surface area contributed by atoms with Crippen molar-refractivity contribution in [2.24, 2.45) is 0 Å². The monoisotopic (exact) mass is 327 g/mol. The van der Waals surface area contributed by atoms with Crippen LogP contribution >= 0.6 is 11.3 Å². The molecule has 2 aromatic heterocycles. The molecule has 4 nitrogen and oxygen atoms in total. The Bertz CT molecular complexity index is 867. The zero-order valence-electron chi connectivity index (χ0n) is 12.8. The molecule has 0 aliphatic carbocycles. The maximum Gasteiger partial charge on any atom is 0.349 e. The van der Waals surface area contributed by atoms with E-state index >= 15 is 0 Å². The van der Waals surface area contributed by atoms with Crippen LogP contribution in [0, 0.1) is 0 Å². The zero-order valence-corrected chi connectivity index (χ0v) is 13.6. The molecule has 3 rings (SSSR count). The molecule has 0 saturated carbocycles. The molecule has 118 valence electrons. The van der Waals surface area contributed by atoms with Crippen LogP contribution < -0.4 is 5.63 Å². The number of benzene rings is 1. The standard InChI is InChI=1S/C18H17NO3S/c1-2-8-19(11-13-7-9-23-12-13)17(20)15-10-14-5-3-4-6-16(14)22-18(15)21/h3-7,9-10,12H,2,8,11H2,1H3. The summed E-state index contributed by atoms with van der Waals surface area (Å²) in [5.41, 5.74) is 1.07. The van der Waals surface area contributed by atoms with Crippen molar-refractivity contribution in [2.45, 2.75) is 19.9 Å². The first-order valence-electron chi connectivity index (χ1n) is 7.52. The molecule has 0 bridgehead atoms. The van der Waals surface area contributed by atoms with E-state index in [4.69, 9.17) is 4.42 Å². The molecule has 2 heterocycles. The van der Waals surface area contributed by atoms with Gasteiger partial charge in [-0.05, 0) is 40.9 Å². The molecule has 5 heteroatoms. The van der Waals surface area contributed by atoms with E-state index in [-0.39, 0.29) is 11.5 Å². The Hall–Kier alpha value is -2.40. The van der Waals surface area contributed by atoms with Gasteiger partial charge in [0.25, 0.3) is 5.91 Å². The molecule has 23 heavy (non-hydrogen) atoms. The van der Waals surface area contributed by atoms with Gasteiger partial charge in [-0.1, -0.05) is 25.1 Å². The molecule has 0 atom stereocenters. The predicted molar refractivity (Wildman–Crippen MR) is 91.8 cm³/mol. The van der Waals surface area contributed by atoms with Crippen LogP contribution in [0.4, 0.5) is 0 Å². The number of carbonyl (C=O) groups is 1. The van der Waals surface area contributed by atoms with Gasteiger partial charge >= 0.3 is 5.63 Å². The lowest BCUT2D eigenvalue weighted by Crippen LogP contribution is -2.34. The first-order valence-corrected chi connectivity index (χ1v) is 8.46. The smallest absolute Gasteiger partial charge is 0.349 e. The van der Waals surface area contributed by atoms with Crippen molar-refractivity contribution >= 4 is 28.2 Å². The lowest BCUT2D eigenvalue weighted by molar-refractivity contribution is 0.0739. The van der Waals surface area contributed by atoms with Crippen molar-refractivity contribution in [1.82, 2.24) is 4.90 Å². The third-order valence-electron chi connectivity index (χ3n) is 3.61. The summed E-state index contributed by atoms with van der Waals surface area (Å²) in [7, 11) is 0. The van der Waals surface area contributed by atoms with Crippen molar-refractivity contribution in [1.29, 1.82) is 0 Å². The Balaban J connectivity index is 1.96. The predicted octanol–water partition coefficient (Wildman–Crippen LogP) is 3.91. The Morgan fingerprint density at radius 2 is 2.09 bits per heavy atom. The highest BCUT2D eigenvalue weighted by atomic mass is 32.1. The number of hydrogen-bond acceptors (Lipinski definition) is 4. The molecule has 1 amide bonds. The number of carbonyl (C=O) groups excluding carboxylic acids is 1. The van der Waals surface area contributed by atoms with Crippen molar-refractivity contribution in [2.75, 3.05) is 6.54 Å². The van der Waals surface area contributed by atoms with Crippen LogP contribution in [-0.2, 0) is 6.54 Å². The van der Waals surface area contributed by atoms with Crippen LogP contribution in [0.15, 0.2) is 56.4 Å². The summed E-state index contributed by atoms with van der Waals surface area (Å²) in [6.07, 6.45) is 0.828. The van der Waals surface area contributed by atoms with Gasteiger partial charge in [0.15, 0.2) is 0 Å². The molecule has 0 unspecified atom stereocenters. The van der Waals surface area contributed by atoms with E-state index in [0.717, 1.165) is 17.4 Å². The quantitative estimate of drug-likeness (QED) is 0.668. The number of hydrogen-bond donors (Lipinski definition) is 0. The van der Waals surface area contributed by atoms with Gasteiger partial charge in [0.1, 0.15) is 11.1 Å². The summed E-state index contributed by atoms with van der Waals surface area (Å²) in [5.74, 6) is -0.280. The molecule has 0 spiro atoms. The van der Waals surface area contributed by atoms with Crippen LogP contribution in [0.3, 0.4) is 0 Å². The summed E-state index contributed by atoms with van der Waals surface area (Å²) in [4.78, 5) is 26.7. The van der Waals surface area contributed by atoms with Gasteiger partial charge in [-0.25, -0.2) is 4.79 Å². The van der Waals surface area contributed by atoms with E-state index in [0.29, 0.717) is 18.7 Å². The van der Waals surface area contributed by atoms with Gasteiger partial charge in [-0.3, -0.25) is 4.79 Å². The minimum atomic E-state index is -0.583. The van der Waals surface area contributed by atoms with E-state index in [1.165, 1.54) is 0 Å². The molecule has 0 aliphatic heterocycles. The topological polar surface area (TPSA) is 50.5 Å². The van der Waals surface area contributed by atoms with Gasteiger partial charge in [0, 0.05) is 18.5 Å². The van der Waals surface area contributed by atoms with Crippen molar-refractivity contribution in [3.05, 3.63) is 68.7 Å². The fourth-order valence-electron chi connectivity index (χ4n) is 2.51. The number of fused-ring (bicyclic) bond motifs is 1. The Labute approximate surface area is 138 Å². The minimum absolute atomic E-state index is 0.0902. The van der Waals surface area contributed by atoms with Crippen molar-refractivity contribution in [3.63, 3.8) is 0 Å². The summed E-state index contributed by atoms with van der Waals surface area (Å²) in [6.45, 7) is 3.11. The molecule has 1 aromatic carbocycles. The van der Waals surface area contributed by atoms with E-state index in [1.54, 1.807) is 34.4 Å². The molecular weight excluding hydrogens is 310 g/mol. The van der Waals surface area contributed by atoms with Crippen LogP contribution in [0.5, 0.6) is 0 Å². The lowest BCUT2D eigenvalue weighted by atomic mass is 10.1. The molecule has 0 saturated heterocycles. The van der Waals surface area contributed by atoms with Crippen LogP contribution in [0.25, 0.3) is 11.0 Å². The highest BCUT2D eigenvalue weighted by Crippen LogP contribution is 2.16. The molecule has 0 aliphatic rings. The van der Waals surface area contributed by atoms with Crippen LogP contribution in [0.2, 0.25) is 0 Å². The number of amides is 1. The Kier molecular flexibility index (Phi) is 4.57. The third kappa shape index (κ3) is 3.35. The second-order valence-electron chi connectivity index (χ2n) is 5.34. The zero-order chi connectivity index (χ0) is 16.2. The molecule has 0 fully saturated rings. The van der Waals surface area contributed by atoms with Crippen molar-refractivity contribution < 1.29 is 9.21 Å². The molecule has 3 aromatic rings. The van der Waals surface area contributed by atoms with E-state index in [1.807, 2.05) is 35.9 Å². The SMILES string of the molecule is CCCN(Cc1ccsc1)C(=O)c1cc2ccccc2oc1=O. The van der Waals surface area contributed by atoms with Crippen molar-refractivity contribution in [3.8, 4) is 0 Å². The van der Waals surface area contributed by atoms with Crippen LogP contribution in [0.1, 0.15) is 29.3 Å². The van der Waals surface area contributed by atoms with E-state index in [2.05, 4.69) is 0 Å². The number of nitrogens with zero attached hydrogens (tertiary/aromatic N) is 1. The summed E-state index contributed by atoms with van der Waals surface area (Å²) < 4.78 is 5.28. The van der Waals surface area contributed by atoms with E-state index < -0.39 is 5.63 Å². The average molecular weight is 327 g/mol. The average Bonchev–Trinajstić information content (AvgIpc) is 3.06. The van der Waals surface area contributed by atoms with Gasteiger partial charge in [0.05, 0.1) is 0 Å². The minimum Gasteiger partial charge on any atom is -0.422 e. The second kappa shape index (κ2) is 6.79. The van der Waals surface area contributed by atoms with Gasteiger partial charge in [-0.2, -0.15) is 11.3 Å². The summed E-state index contributed by atoms with van der Waals surface area (Å²) >= 11 is 1.59. The van der Waals surface area contributed by atoms with Gasteiger partial charge < -0.3 is 9.32 Å². The fraction of sp³-hybridized carbons (Fsp3) is 0.222. The van der Waals surface area contributed by atoms with E-state index in [9.17, 15) is 9.59 Å². The fourth-order valence-corrected chi connectivity index (χ4v) is 3.17. The second-order valence-corrected chi connectivity index (χ2v) is 6.12. The summed E-state index contributed by atoms with van der Waals surface area (Å²) in [5, 5.41) is 4.75. The third-order valence-corrected chi connectivity index (χ3v) is 4.34. The Morgan fingerprint density at radius 3 is 2.83 bits per heavy atom.